The van der Waals surface area contributed by atoms with Crippen molar-refractivity contribution in [2.24, 2.45) is 0 Å². The van der Waals surface area contributed by atoms with Crippen molar-refractivity contribution in [3.05, 3.63) is 47.4 Å². The Morgan fingerprint density at radius 1 is 1.13 bits per heavy atom. The average Bonchev–Trinajstić information content (AvgIpc) is 3.22. The lowest BCUT2D eigenvalue weighted by Crippen LogP contribution is -2.35. The minimum absolute atomic E-state index is 0.00234. The molecule has 158 valence electrons. The van der Waals surface area contributed by atoms with E-state index < -0.39 is 30.2 Å². The number of nitrogen functional groups attached to an aromatic ring is 1. The van der Waals surface area contributed by atoms with Crippen LogP contribution in [0.2, 0.25) is 0 Å². The first kappa shape index (κ1) is 19.2. The number of hydrogen-bond acceptors (Lipinski definition) is 7. The zero-order valence-corrected chi connectivity index (χ0v) is 15.9. The average molecular weight is 417 g/mol. The van der Waals surface area contributed by atoms with Crippen LogP contribution in [0, 0.1) is 11.6 Å². The van der Waals surface area contributed by atoms with Crippen LogP contribution in [0.4, 0.5) is 14.6 Å². The van der Waals surface area contributed by atoms with Gasteiger partial charge in [-0.2, -0.15) is 0 Å². The number of ether oxygens (including phenoxy) is 1. The summed E-state index contributed by atoms with van der Waals surface area (Å²) in [5, 5.41) is 24.5. The summed E-state index contributed by atoms with van der Waals surface area (Å²) in [5.74, 6) is -0.420. The highest BCUT2D eigenvalue weighted by atomic mass is 19.1. The van der Waals surface area contributed by atoms with Crippen LogP contribution in [0.1, 0.15) is 23.6 Å². The summed E-state index contributed by atoms with van der Waals surface area (Å²) in [7, 11) is 0. The largest absolute Gasteiger partial charge is 0.487 e. The van der Waals surface area contributed by atoms with E-state index in [9.17, 15) is 19.0 Å². The van der Waals surface area contributed by atoms with E-state index in [0.29, 0.717) is 36.4 Å². The van der Waals surface area contributed by atoms with Gasteiger partial charge in [-0.3, -0.25) is 0 Å². The highest BCUT2D eigenvalue weighted by Gasteiger charge is 2.45. The van der Waals surface area contributed by atoms with Gasteiger partial charge in [0.2, 0.25) is 0 Å². The second-order valence-corrected chi connectivity index (χ2v) is 7.71. The number of hydrogen-bond donors (Lipinski definition) is 4. The normalized spacial score (nSPS) is 26.1. The third-order valence-electron chi connectivity index (χ3n) is 6.01. The Kier molecular flexibility index (Phi) is 4.57. The monoisotopic (exact) mass is 417 g/mol. The van der Waals surface area contributed by atoms with Gasteiger partial charge in [0.1, 0.15) is 47.7 Å². The standard InChI is InChI=1S/C20H21F2N5O3/c21-11-1-2-14(10-6-24-4-3-9(10)11)30-15-5-13(17(28)18(15)29)27-7-12(22)16-19(23)25-8-26-20(16)27/h1-2,7-8,13,15,17-18,24,28-29H,3-6H2,(H2,23,25,26)/t13-,15+,17+,18-/m1/s1. The SMILES string of the molecule is Nc1ncnc2c1c(F)cn2[C@@H]1C[C@H](Oc2ccc(F)c3c2CNCC3)[C@@H](O)[C@H]1O. The van der Waals surface area contributed by atoms with E-state index in [-0.39, 0.29) is 29.1 Å². The lowest BCUT2D eigenvalue weighted by molar-refractivity contribution is -0.0167. The molecule has 30 heavy (non-hydrogen) atoms. The van der Waals surface area contributed by atoms with Crippen molar-refractivity contribution in [3.63, 3.8) is 0 Å². The molecule has 5 N–H and O–H groups in total. The fourth-order valence-electron chi connectivity index (χ4n) is 4.48. The number of halogens is 2. The third kappa shape index (κ3) is 2.91. The number of aliphatic hydroxyl groups is 2. The lowest BCUT2D eigenvalue weighted by Gasteiger charge is -2.24. The van der Waals surface area contributed by atoms with Crippen molar-refractivity contribution in [1.82, 2.24) is 19.9 Å². The van der Waals surface area contributed by atoms with Crippen LogP contribution in [0.15, 0.2) is 24.7 Å². The summed E-state index contributed by atoms with van der Waals surface area (Å²) in [6.45, 7) is 1.14. The summed E-state index contributed by atoms with van der Waals surface area (Å²) >= 11 is 0. The van der Waals surface area contributed by atoms with Gasteiger partial charge in [-0.05, 0) is 30.7 Å². The molecular weight excluding hydrogens is 396 g/mol. The van der Waals surface area contributed by atoms with Crippen LogP contribution in [0.5, 0.6) is 5.75 Å². The Morgan fingerprint density at radius 2 is 1.97 bits per heavy atom. The summed E-state index contributed by atoms with van der Waals surface area (Å²) in [5.41, 5.74) is 7.31. The van der Waals surface area contributed by atoms with Gasteiger partial charge in [0.25, 0.3) is 0 Å². The van der Waals surface area contributed by atoms with Gasteiger partial charge in [0.15, 0.2) is 5.82 Å². The van der Waals surface area contributed by atoms with Crippen LogP contribution >= 0.6 is 0 Å². The Labute approximate surface area is 170 Å². The minimum atomic E-state index is -1.22. The quantitative estimate of drug-likeness (QED) is 0.503. The lowest BCUT2D eigenvalue weighted by atomic mass is 9.99. The molecular formula is C20H21F2N5O3. The molecule has 0 spiro atoms. The third-order valence-corrected chi connectivity index (χ3v) is 6.01. The number of aliphatic hydroxyl groups excluding tert-OH is 2. The second-order valence-electron chi connectivity index (χ2n) is 7.71. The maximum absolute atomic E-state index is 14.4. The zero-order valence-electron chi connectivity index (χ0n) is 15.9. The van der Waals surface area contributed by atoms with Gasteiger partial charge >= 0.3 is 0 Å². The van der Waals surface area contributed by atoms with Crippen molar-refractivity contribution in [2.75, 3.05) is 12.3 Å². The van der Waals surface area contributed by atoms with E-state index >= 15 is 0 Å². The molecule has 10 heteroatoms. The number of nitrogens with one attached hydrogen (secondary N) is 1. The molecule has 3 aromatic rings. The molecule has 3 heterocycles. The fourth-order valence-corrected chi connectivity index (χ4v) is 4.48. The minimum Gasteiger partial charge on any atom is -0.487 e. The van der Waals surface area contributed by atoms with E-state index in [4.69, 9.17) is 10.5 Å². The predicted octanol–water partition coefficient (Wildman–Crippen LogP) is 1.05. The molecule has 1 aliphatic carbocycles. The van der Waals surface area contributed by atoms with Gasteiger partial charge in [0.05, 0.1) is 11.4 Å². The molecule has 0 radical (unpaired) electrons. The topological polar surface area (TPSA) is 118 Å². The van der Waals surface area contributed by atoms with Crippen LogP contribution in [-0.4, -0.2) is 49.6 Å². The first-order valence-corrected chi connectivity index (χ1v) is 9.76. The highest BCUT2D eigenvalue weighted by molar-refractivity contribution is 5.86. The molecule has 1 aliphatic heterocycles. The molecule has 1 saturated carbocycles. The van der Waals surface area contributed by atoms with E-state index in [1.807, 2.05) is 0 Å². The van der Waals surface area contributed by atoms with Gasteiger partial charge < -0.3 is 30.6 Å². The number of rotatable bonds is 3. The fraction of sp³-hybridized carbons (Fsp3) is 0.400. The Bertz CT molecular complexity index is 1120. The maximum Gasteiger partial charge on any atom is 0.154 e. The smallest absolute Gasteiger partial charge is 0.154 e. The van der Waals surface area contributed by atoms with Crippen molar-refractivity contribution in [1.29, 1.82) is 0 Å². The van der Waals surface area contributed by atoms with Gasteiger partial charge in [-0.15, -0.1) is 0 Å². The molecule has 0 unspecified atom stereocenters. The molecule has 1 fully saturated rings. The van der Waals surface area contributed by atoms with E-state index in [1.54, 1.807) is 0 Å². The number of nitrogens with zero attached hydrogens (tertiary/aromatic N) is 3. The molecule has 5 rings (SSSR count). The van der Waals surface area contributed by atoms with E-state index in [1.165, 1.54) is 29.2 Å². The molecule has 0 saturated heterocycles. The second kappa shape index (κ2) is 7.15. The van der Waals surface area contributed by atoms with Crippen LogP contribution in [0.3, 0.4) is 0 Å². The number of nitrogens with two attached hydrogens (primary N) is 1. The first-order valence-electron chi connectivity index (χ1n) is 9.76. The van der Waals surface area contributed by atoms with Gasteiger partial charge in [-0.1, -0.05) is 0 Å². The molecule has 1 aromatic carbocycles. The van der Waals surface area contributed by atoms with Crippen molar-refractivity contribution >= 4 is 16.9 Å². The van der Waals surface area contributed by atoms with Crippen molar-refractivity contribution in [3.8, 4) is 5.75 Å². The summed E-state index contributed by atoms with van der Waals surface area (Å²) in [6.07, 6.45) is -0.0232. The highest BCUT2D eigenvalue weighted by Crippen LogP contribution is 2.38. The van der Waals surface area contributed by atoms with Crippen LogP contribution in [0.25, 0.3) is 11.0 Å². The number of anilines is 1. The maximum atomic E-state index is 14.4. The molecule has 8 nitrogen and oxygen atoms in total. The molecule has 0 amide bonds. The summed E-state index contributed by atoms with van der Waals surface area (Å²) < 4.78 is 36.0. The predicted molar refractivity (Wildman–Crippen MR) is 104 cm³/mol. The molecule has 2 aliphatic rings. The van der Waals surface area contributed by atoms with Crippen molar-refractivity contribution in [2.45, 2.75) is 43.7 Å². The van der Waals surface area contributed by atoms with Gasteiger partial charge in [-0.25, -0.2) is 18.7 Å². The van der Waals surface area contributed by atoms with Gasteiger partial charge in [0, 0.05) is 24.7 Å². The number of aromatic nitrogens is 3. The van der Waals surface area contributed by atoms with E-state index in [0.717, 1.165) is 0 Å². The number of benzene rings is 1. The molecule has 0 bridgehead atoms. The molecule has 2 aromatic heterocycles. The zero-order chi connectivity index (χ0) is 21.0. The molecule has 4 atom stereocenters. The summed E-state index contributed by atoms with van der Waals surface area (Å²) in [6, 6.07) is 2.20. The first-order chi connectivity index (χ1) is 14.5. The Morgan fingerprint density at radius 3 is 2.80 bits per heavy atom. The Hall–Kier alpha value is -2.82. The van der Waals surface area contributed by atoms with E-state index in [2.05, 4.69) is 15.3 Å². The van der Waals surface area contributed by atoms with Crippen LogP contribution in [-0.2, 0) is 13.0 Å². The van der Waals surface area contributed by atoms with Crippen molar-refractivity contribution < 1.29 is 23.7 Å². The summed E-state index contributed by atoms with van der Waals surface area (Å²) in [4.78, 5) is 7.89. The number of fused-ring (bicyclic) bond motifs is 2. The Balaban J connectivity index is 1.46. The van der Waals surface area contributed by atoms with Crippen LogP contribution < -0.4 is 15.8 Å².